The Kier molecular flexibility index (Phi) is 5.11. The van der Waals surface area contributed by atoms with Gasteiger partial charge in [0.05, 0.1) is 22.5 Å². The molecule has 0 radical (unpaired) electrons. The van der Waals surface area contributed by atoms with Crippen molar-refractivity contribution >= 4 is 33.1 Å². The zero-order chi connectivity index (χ0) is 22.2. The molecule has 0 aliphatic heterocycles. The van der Waals surface area contributed by atoms with Crippen molar-refractivity contribution in [2.45, 2.75) is 27.3 Å². The van der Waals surface area contributed by atoms with Crippen LogP contribution in [0.25, 0.3) is 20.8 Å². The first-order valence-electron chi connectivity index (χ1n) is 10.3. The van der Waals surface area contributed by atoms with Crippen LogP contribution in [-0.2, 0) is 6.54 Å². The van der Waals surface area contributed by atoms with Gasteiger partial charge in [-0.3, -0.25) is 9.48 Å². The second kappa shape index (κ2) is 8.09. The number of thiazole rings is 1. The molecule has 7 heteroatoms. The Labute approximate surface area is 189 Å². The molecular formula is C25H22N4O2S. The first-order chi connectivity index (χ1) is 15.4. The van der Waals surface area contributed by atoms with Crippen molar-refractivity contribution in [3.8, 4) is 10.6 Å². The van der Waals surface area contributed by atoms with Gasteiger partial charge in [0.1, 0.15) is 10.8 Å². The topological polar surface area (TPSA) is 73.0 Å². The molecule has 3 heterocycles. The number of nitrogens with zero attached hydrogens (tertiary/aromatic N) is 3. The Bertz CT molecular complexity index is 1430. The highest BCUT2D eigenvalue weighted by atomic mass is 32.1. The lowest BCUT2D eigenvalue weighted by atomic mass is 10.2. The molecule has 160 valence electrons. The number of benzene rings is 2. The van der Waals surface area contributed by atoms with E-state index in [4.69, 9.17) is 9.40 Å². The number of fused-ring (bicyclic) bond motifs is 1. The van der Waals surface area contributed by atoms with Crippen molar-refractivity contribution in [1.29, 1.82) is 0 Å². The zero-order valence-corrected chi connectivity index (χ0v) is 18.9. The number of aromatic nitrogens is 3. The molecule has 0 saturated carbocycles. The van der Waals surface area contributed by atoms with E-state index >= 15 is 0 Å². The van der Waals surface area contributed by atoms with Crippen LogP contribution >= 0.6 is 11.3 Å². The first-order valence-corrected chi connectivity index (χ1v) is 11.1. The van der Waals surface area contributed by atoms with E-state index in [0.717, 1.165) is 27.5 Å². The van der Waals surface area contributed by atoms with Crippen LogP contribution < -0.4 is 5.32 Å². The molecule has 2 aromatic carbocycles. The number of carbonyl (C=O) groups excluding carboxylic acids is 1. The Hall–Kier alpha value is -3.71. The Morgan fingerprint density at radius 2 is 1.84 bits per heavy atom. The van der Waals surface area contributed by atoms with Gasteiger partial charge in [0, 0.05) is 16.9 Å². The molecule has 0 bridgehead atoms. The Balaban J connectivity index is 1.27. The Morgan fingerprint density at radius 3 is 2.59 bits per heavy atom. The molecule has 0 unspecified atom stereocenters. The van der Waals surface area contributed by atoms with Gasteiger partial charge in [0.2, 0.25) is 0 Å². The lowest BCUT2D eigenvalue weighted by Crippen LogP contribution is -2.10. The maximum atomic E-state index is 12.6. The Morgan fingerprint density at radius 1 is 1.03 bits per heavy atom. The smallest absolute Gasteiger partial charge is 0.291 e. The lowest BCUT2D eigenvalue weighted by molar-refractivity contribution is 0.0994. The van der Waals surface area contributed by atoms with Crippen molar-refractivity contribution in [1.82, 2.24) is 14.8 Å². The number of carbonyl (C=O) groups is 1. The van der Waals surface area contributed by atoms with Crippen LogP contribution in [0.15, 0.2) is 65.1 Å². The number of hydrogen-bond acceptors (Lipinski definition) is 5. The van der Waals surface area contributed by atoms with E-state index in [1.807, 2.05) is 61.0 Å². The minimum atomic E-state index is -0.284. The van der Waals surface area contributed by atoms with Gasteiger partial charge in [-0.2, -0.15) is 5.10 Å². The number of furan rings is 1. The maximum absolute atomic E-state index is 12.6. The number of amides is 1. The monoisotopic (exact) mass is 442 g/mol. The van der Waals surface area contributed by atoms with E-state index in [0.29, 0.717) is 18.0 Å². The van der Waals surface area contributed by atoms with Crippen LogP contribution in [0.5, 0.6) is 0 Å². The van der Waals surface area contributed by atoms with Gasteiger partial charge in [-0.25, -0.2) is 4.98 Å². The SMILES string of the molecule is Cc1ccc2nc(-c3ccc(NC(=O)c4ccc(Cn5nc(C)cc5C)o4)cc3)sc2c1. The van der Waals surface area contributed by atoms with E-state index in [9.17, 15) is 4.79 Å². The molecule has 5 aromatic rings. The number of aryl methyl sites for hydroxylation is 3. The van der Waals surface area contributed by atoms with Crippen molar-refractivity contribution < 1.29 is 9.21 Å². The van der Waals surface area contributed by atoms with Gasteiger partial charge < -0.3 is 9.73 Å². The van der Waals surface area contributed by atoms with Crippen LogP contribution in [-0.4, -0.2) is 20.7 Å². The molecule has 32 heavy (non-hydrogen) atoms. The summed E-state index contributed by atoms with van der Waals surface area (Å²) in [6.45, 7) is 6.52. The van der Waals surface area contributed by atoms with E-state index in [1.54, 1.807) is 17.4 Å². The summed E-state index contributed by atoms with van der Waals surface area (Å²) in [4.78, 5) is 17.3. The molecular weight excluding hydrogens is 420 g/mol. The van der Waals surface area contributed by atoms with Crippen LogP contribution in [0.2, 0.25) is 0 Å². The summed E-state index contributed by atoms with van der Waals surface area (Å²) in [7, 11) is 0. The molecule has 5 rings (SSSR count). The molecule has 0 atom stereocenters. The highest BCUT2D eigenvalue weighted by Gasteiger charge is 2.13. The van der Waals surface area contributed by atoms with Gasteiger partial charge in [-0.05, 0) is 80.9 Å². The lowest BCUT2D eigenvalue weighted by Gasteiger charge is -2.04. The third-order valence-corrected chi connectivity index (χ3v) is 6.30. The molecule has 0 saturated heterocycles. The fourth-order valence-electron chi connectivity index (χ4n) is 3.61. The summed E-state index contributed by atoms with van der Waals surface area (Å²) >= 11 is 1.67. The van der Waals surface area contributed by atoms with Crippen molar-refractivity contribution in [2.24, 2.45) is 0 Å². The molecule has 3 aromatic heterocycles. The predicted molar refractivity (Wildman–Crippen MR) is 127 cm³/mol. The van der Waals surface area contributed by atoms with Crippen LogP contribution in [0.1, 0.15) is 33.3 Å². The quantitative estimate of drug-likeness (QED) is 0.363. The molecule has 0 spiro atoms. The van der Waals surface area contributed by atoms with Gasteiger partial charge in [-0.1, -0.05) is 6.07 Å². The summed E-state index contributed by atoms with van der Waals surface area (Å²) in [6.07, 6.45) is 0. The molecule has 0 aliphatic carbocycles. The second-order valence-corrected chi connectivity index (χ2v) is 8.90. The standard InChI is InChI=1S/C25H22N4O2S/c1-15-4-10-21-23(12-15)32-25(27-21)18-5-7-19(8-6-18)26-24(30)22-11-9-20(31-22)14-29-17(3)13-16(2)28-29/h4-13H,14H2,1-3H3,(H,26,30). The largest absolute Gasteiger partial charge is 0.454 e. The van der Waals surface area contributed by atoms with E-state index < -0.39 is 0 Å². The number of nitrogens with one attached hydrogen (secondary N) is 1. The highest BCUT2D eigenvalue weighted by molar-refractivity contribution is 7.21. The number of rotatable bonds is 5. The minimum Gasteiger partial charge on any atom is -0.454 e. The summed E-state index contributed by atoms with van der Waals surface area (Å²) in [5.41, 5.74) is 5.95. The fraction of sp³-hybridized carbons (Fsp3) is 0.160. The number of hydrogen-bond donors (Lipinski definition) is 1. The van der Waals surface area contributed by atoms with Crippen LogP contribution in [0.3, 0.4) is 0 Å². The van der Waals surface area contributed by atoms with Crippen LogP contribution in [0.4, 0.5) is 5.69 Å². The third-order valence-electron chi connectivity index (χ3n) is 5.23. The maximum Gasteiger partial charge on any atom is 0.291 e. The van der Waals surface area contributed by atoms with Crippen molar-refractivity contribution in [2.75, 3.05) is 5.32 Å². The zero-order valence-electron chi connectivity index (χ0n) is 18.0. The third kappa shape index (κ3) is 4.07. The number of anilines is 1. The van der Waals surface area contributed by atoms with E-state index in [2.05, 4.69) is 29.5 Å². The average molecular weight is 443 g/mol. The molecule has 6 nitrogen and oxygen atoms in total. The normalized spacial score (nSPS) is 11.2. The van der Waals surface area contributed by atoms with Gasteiger partial charge >= 0.3 is 0 Å². The molecule has 0 aliphatic rings. The minimum absolute atomic E-state index is 0.271. The first kappa shape index (κ1) is 20.2. The molecule has 1 N–H and O–H groups in total. The van der Waals surface area contributed by atoms with Crippen molar-refractivity contribution in [3.05, 3.63) is 89.1 Å². The summed E-state index contributed by atoms with van der Waals surface area (Å²) < 4.78 is 8.77. The van der Waals surface area contributed by atoms with Gasteiger partial charge in [0.25, 0.3) is 5.91 Å². The second-order valence-electron chi connectivity index (χ2n) is 7.87. The predicted octanol–water partition coefficient (Wildman–Crippen LogP) is 5.98. The highest BCUT2D eigenvalue weighted by Crippen LogP contribution is 2.31. The summed E-state index contributed by atoms with van der Waals surface area (Å²) in [6, 6.07) is 19.5. The van der Waals surface area contributed by atoms with Gasteiger partial charge in [-0.15, -0.1) is 11.3 Å². The van der Waals surface area contributed by atoms with E-state index in [1.165, 1.54) is 10.3 Å². The van der Waals surface area contributed by atoms with Crippen molar-refractivity contribution in [3.63, 3.8) is 0 Å². The van der Waals surface area contributed by atoms with Crippen LogP contribution in [0, 0.1) is 20.8 Å². The fourth-order valence-corrected chi connectivity index (χ4v) is 4.68. The molecule has 1 amide bonds. The van der Waals surface area contributed by atoms with E-state index in [-0.39, 0.29) is 11.7 Å². The summed E-state index contributed by atoms with van der Waals surface area (Å²) in [5, 5.41) is 8.28. The van der Waals surface area contributed by atoms with Gasteiger partial charge in [0.15, 0.2) is 5.76 Å². The molecule has 0 fully saturated rings. The average Bonchev–Trinajstić information content (AvgIpc) is 3.47. The summed E-state index contributed by atoms with van der Waals surface area (Å²) in [5.74, 6) is 0.669.